The lowest BCUT2D eigenvalue weighted by Crippen LogP contribution is -2.48. The van der Waals surface area contributed by atoms with Crippen LogP contribution in [0.25, 0.3) is 0 Å². The van der Waals surface area contributed by atoms with Crippen LogP contribution in [-0.2, 0) is 0 Å². The lowest BCUT2D eigenvalue weighted by molar-refractivity contribution is 0.339. The molecule has 90 valence electrons. The van der Waals surface area contributed by atoms with E-state index in [1.54, 1.807) is 0 Å². The van der Waals surface area contributed by atoms with Crippen molar-refractivity contribution in [1.29, 1.82) is 0 Å². The molecule has 0 aromatic carbocycles. The van der Waals surface area contributed by atoms with Gasteiger partial charge in [-0.3, -0.25) is 0 Å². The molecule has 2 nitrogen and oxygen atoms in total. The molecule has 0 radical (unpaired) electrons. The molecule has 0 bridgehead atoms. The van der Waals surface area contributed by atoms with Gasteiger partial charge in [-0.2, -0.15) is 0 Å². The molecule has 0 aliphatic heterocycles. The maximum atomic E-state index is 6.21. The molecule has 0 spiro atoms. The molecule has 0 saturated heterocycles. The number of rotatable bonds is 5. The van der Waals surface area contributed by atoms with Crippen molar-refractivity contribution in [2.45, 2.75) is 71.4 Å². The van der Waals surface area contributed by atoms with Crippen LogP contribution in [0.1, 0.15) is 59.8 Å². The predicted molar refractivity (Wildman–Crippen MR) is 66.9 cm³/mol. The van der Waals surface area contributed by atoms with E-state index in [1.807, 2.05) is 0 Å². The maximum Gasteiger partial charge on any atom is 0.0252 e. The van der Waals surface area contributed by atoms with Crippen molar-refractivity contribution in [2.75, 3.05) is 6.54 Å². The van der Waals surface area contributed by atoms with E-state index < -0.39 is 0 Å². The highest BCUT2D eigenvalue weighted by Crippen LogP contribution is 2.36. The topological polar surface area (TPSA) is 38.0 Å². The molecule has 15 heavy (non-hydrogen) atoms. The molecule has 0 aromatic heterocycles. The van der Waals surface area contributed by atoms with Crippen molar-refractivity contribution in [3.63, 3.8) is 0 Å². The molecule has 0 heterocycles. The van der Waals surface area contributed by atoms with E-state index in [2.05, 4.69) is 33.0 Å². The second-order valence-electron chi connectivity index (χ2n) is 6.39. The zero-order valence-electron chi connectivity index (χ0n) is 10.9. The zero-order valence-corrected chi connectivity index (χ0v) is 10.9. The Labute approximate surface area is 95.0 Å². The molecule has 1 aliphatic carbocycles. The molecule has 3 N–H and O–H groups in total. The van der Waals surface area contributed by atoms with Crippen molar-refractivity contribution in [2.24, 2.45) is 11.1 Å². The van der Waals surface area contributed by atoms with Crippen LogP contribution in [0.3, 0.4) is 0 Å². The third-order valence-electron chi connectivity index (χ3n) is 3.58. The molecular formula is C13H28N2. The smallest absolute Gasteiger partial charge is 0.0252 e. The normalized spacial score (nSPS) is 29.0. The summed E-state index contributed by atoms with van der Waals surface area (Å²) in [6.45, 7) is 10.0. The van der Waals surface area contributed by atoms with E-state index in [-0.39, 0.29) is 5.54 Å². The average Bonchev–Trinajstić information content (AvgIpc) is 2.42. The Morgan fingerprint density at radius 2 is 2.13 bits per heavy atom. The third kappa shape index (κ3) is 4.52. The second kappa shape index (κ2) is 4.84. The van der Waals surface area contributed by atoms with Crippen LogP contribution in [0.5, 0.6) is 0 Å². The predicted octanol–water partition coefficient (Wildman–Crippen LogP) is 2.67. The van der Waals surface area contributed by atoms with Crippen LogP contribution in [-0.4, -0.2) is 18.1 Å². The first-order valence-corrected chi connectivity index (χ1v) is 6.37. The Balaban J connectivity index is 2.26. The van der Waals surface area contributed by atoms with Gasteiger partial charge in [-0.05, 0) is 38.0 Å². The van der Waals surface area contributed by atoms with Crippen LogP contribution >= 0.6 is 0 Å². The number of nitrogens with two attached hydrogens (primary N) is 1. The highest BCUT2D eigenvalue weighted by Gasteiger charge is 2.31. The number of hydrogen-bond acceptors (Lipinski definition) is 2. The molecule has 2 unspecified atom stereocenters. The summed E-state index contributed by atoms with van der Waals surface area (Å²) in [5.41, 5.74) is 6.72. The lowest BCUT2D eigenvalue weighted by Gasteiger charge is -2.27. The van der Waals surface area contributed by atoms with Crippen LogP contribution < -0.4 is 11.1 Å². The maximum absolute atomic E-state index is 6.21. The van der Waals surface area contributed by atoms with Gasteiger partial charge in [0.1, 0.15) is 0 Å². The third-order valence-corrected chi connectivity index (χ3v) is 3.58. The van der Waals surface area contributed by atoms with Gasteiger partial charge >= 0.3 is 0 Å². The first-order chi connectivity index (χ1) is 6.85. The SMILES string of the molecule is CCCC(C)(N)CNC1CCC(C)(C)C1. The van der Waals surface area contributed by atoms with Gasteiger partial charge in [0.2, 0.25) is 0 Å². The summed E-state index contributed by atoms with van der Waals surface area (Å²) >= 11 is 0. The summed E-state index contributed by atoms with van der Waals surface area (Å²) in [7, 11) is 0. The fourth-order valence-electron chi connectivity index (χ4n) is 2.65. The van der Waals surface area contributed by atoms with E-state index in [0.717, 1.165) is 13.0 Å². The van der Waals surface area contributed by atoms with Gasteiger partial charge in [-0.1, -0.05) is 27.2 Å². The Morgan fingerprint density at radius 3 is 2.60 bits per heavy atom. The Kier molecular flexibility index (Phi) is 4.19. The van der Waals surface area contributed by atoms with E-state index in [4.69, 9.17) is 5.73 Å². The minimum absolute atomic E-state index is 0.0263. The van der Waals surface area contributed by atoms with E-state index in [9.17, 15) is 0 Å². The molecule has 1 fully saturated rings. The fourth-order valence-corrected chi connectivity index (χ4v) is 2.65. The van der Waals surface area contributed by atoms with Crippen LogP contribution in [0.2, 0.25) is 0 Å². The van der Waals surface area contributed by atoms with Crippen LogP contribution in [0.4, 0.5) is 0 Å². The largest absolute Gasteiger partial charge is 0.324 e. The molecule has 0 aromatic rings. The summed E-state index contributed by atoms with van der Waals surface area (Å²) < 4.78 is 0. The Bertz CT molecular complexity index is 197. The van der Waals surface area contributed by atoms with E-state index in [0.29, 0.717) is 11.5 Å². The summed E-state index contributed by atoms with van der Waals surface area (Å²) in [4.78, 5) is 0. The van der Waals surface area contributed by atoms with Crippen molar-refractivity contribution >= 4 is 0 Å². The highest BCUT2D eigenvalue weighted by atomic mass is 15.0. The Morgan fingerprint density at radius 1 is 1.47 bits per heavy atom. The van der Waals surface area contributed by atoms with Gasteiger partial charge in [0.05, 0.1) is 0 Å². The van der Waals surface area contributed by atoms with E-state index in [1.165, 1.54) is 25.7 Å². The molecule has 1 saturated carbocycles. The summed E-state index contributed by atoms with van der Waals surface area (Å²) in [6.07, 6.45) is 6.24. The van der Waals surface area contributed by atoms with Crippen molar-refractivity contribution in [1.82, 2.24) is 5.32 Å². The van der Waals surface area contributed by atoms with Gasteiger partial charge in [0, 0.05) is 18.1 Å². The first kappa shape index (κ1) is 13.0. The minimum Gasteiger partial charge on any atom is -0.324 e. The van der Waals surface area contributed by atoms with Crippen LogP contribution in [0, 0.1) is 5.41 Å². The molecule has 1 rings (SSSR count). The summed E-state index contributed by atoms with van der Waals surface area (Å²) in [5, 5.41) is 3.64. The van der Waals surface area contributed by atoms with Gasteiger partial charge in [0.25, 0.3) is 0 Å². The van der Waals surface area contributed by atoms with Gasteiger partial charge < -0.3 is 11.1 Å². The van der Waals surface area contributed by atoms with Crippen LogP contribution in [0.15, 0.2) is 0 Å². The first-order valence-electron chi connectivity index (χ1n) is 6.37. The van der Waals surface area contributed by atoms with Gasteiger partial charge in [-0.25, -0.2) is 0 Å². The lowest BCUT2D eigenvalue weighted by atomic mass is 9.91. The molecule has 1 aliphatic rings. The van der Waals surface area contributed by atoms with Gasteiger partial charge in [0.15, 0.2) is 0 Å². The Hall–Kier alpha value is -0.0800. The highest BCUT2D eigenvalue weighted by molar-refractivity contribution is 4.89. The van der Waals surface area contributed by atoms with Gasteiger partial charge in [-0.15, -0.1) is 0 Å². The minimum atomic E-state index is -0.0263. The summed E-state index contributed by atoms with van der Waals surface area (Å²) in [5.74, 6) is 0. The molecule has 0 amide bonds. The molecular weight excluding hydrogens is 184 g/mol. The number of hydrogen-bond donors (Lipinski definition) is 2. The van der Waals surface area contributed by atoms with Crippen molar-refractivity contribution in [3.05, 3.63) is 0 Å². The van der Waals surface area contributed by atoms with Crippen molar-refractivity contribution in [3.8, 4) is 0 Å². The molecule has 2 atom stereocenters. The van der Waals surface area contributed by atoms with Crippen molar-refractivity contribution < 1.29 is 0 Å². The average molecular weight is 212 g/mol. The monoisotopic (exact) mass is 212 g/mol. The summed E-state index contributed by atoms with van der Waals surface area (Å²) in [6, 6.07) is 0.694. The van der Waals surface area contributed by atoms with E-state index >= 15 is 0 Å². The fraction of sp³-hybridized carbons (Fsp3) is 1.00. The zero-order chi connectivity index (χ0) is 11.5. The number of nitrogens with one attached hydrogen (secondary N) is 1. The molecule has 2 heteroatoms. The second-order valence-corrected chi connectivity index (χ2v) is 6.39. The quantitative estimate of drug-likeness (QED) is 0.735. The standard InChI is InChI=1S/C13H28N2/c1-5-7-13(4,14)10-15-11-6-8-12(2,3)9-11/h11,15H,5-10,14H2,1-4H3.